The summed E-state index contributed by atoms with van der Waals surface area (Å²) in [5, 5.41) is 2.86. The number of hydrogen-bond donors (Lipinski definition) is 1. The Balaban J connectivity index is 1.51. The van der Waals surface area contributed by atoms with E-state index in [-0.39, 0.29) is 30.4 Å². The summed E-state index contributed by atoms with van der Waals surface area (Å²) in [5.74, 6) is -0.617. The third kappa shape index (κ3) is 5.31. The smallest absolute Gasteiger partial charge is 0.243 e. The normalized spacial score (nSPS) is 15.8. The van der Waals surface area contributed by atoms with Gasteiger partial charge in [0.05, 0.1) is 11.4 Å². The summed E-state index contributed by atoms with van der Waals surface area (Å²) in [6.07, 6.45) is 0. The number of halogens is 1. The summed E-state index contributed by atoms with van der Waals surface area (Å²) >= 11 is 0. The lowest BCUT2D eigenvalue weighted by Gasteiger charge is -2.33. The van der Waals surface area contributed by atoms with E-state index in [2.05, 4.69) is 5.32 Å². The zero-order chi connectivity index (χ0) is 21.0. The van der Waals surface area contributed by atoms with Gasteiger partial charge in [-0.25, -0.2) is 12.8 Å². The lowest BCUT2D eigenvalue weighted by Crippen LogP contribution is -2.50. The van der Waals surface area contributed by atoms with Gasteiger partial charge in [0.2, 0.25) is 15.9 Å². The molecule has 0 saturated carbocycles. The number of piperazine rings is 1. The van der Waals surface area contributed by atoms with Crippen LogP contribution in [0.4, 0.5) is 15.8 Å². The van der Waals surface area contributed by atoms with Crippen molar-refractivity contribution in [2.24, 2.45) is 0 Å². The van der Waals surface area contributed by atoms with Crippen LogP contribution in [0.3, 0.4) is 0 Å². The van der Waals surface area contributed by atoms with Crippen molar-refractivity contribution >= 4 is 27.3 Å². The van der Waals surface area contributed by atoms with Crippen LogP contribution in [0.15, 0.2) is 53.4 Å². The Morgan fingerprint density at radius 2 is 1.59 bits per heavy atom. The van der Waals surface area contributed by atoms with E-state index in [9.17, 15) is 17.6 Å². The van der Waals surface area contributed by atoms with Crippen molar-refractivity contribution in [3.8, 4) is 0 Å². The molecule has 1 saturated heterocycles. The van der Waals surface area contributed by atoms with Crippen LogP contribution in [0, 0.1) is 5.82 Å². The number of rotatable bonds is 6. The molecule has 29 heavy (non-hydrogen) atoms. The minimum Gasteiger partial charge on any atom is -0.378 e. The fourth-order valence-electron chi connectivity index (χ4n) is 3.13. The van der Waals surface area contributed by atoms with Gasteiger partial charge in [0.1, 0.15) is 5.82 Å². The molecule has 7 nitrogen and oxygen atoms in total. The molecule has 1 amide bonds. The highest BCUT2D eigenvalue weighted by atomic mass is 32.2. The molecular weight excluding hydrogens is 395 g/mol. The van der Waals surface area contributed by atoms with Crippen molar-refractivity contribution in [3.05, 3.63) is 54.3 Å². The van der Waals surface area contributed by atoms with Crippen molar-refractivity contribution in [1.29, 1.82) is 0 Å². The van der Waals surface area contributed by atoms with Crippen molar-refractivity contribution < 1.29 is 17.6 Å². The van der Waals surface area contributed by atoms with Crippen molar-refractivity contribution in [2.75, 3.05) is 57.0 Å². The summed E-state index contributed by atoms with van der Waals surface area (Å²) in [6, 6.07) is 12.4. The molecule has 0 unspecified atom stereocenters. The number of carbonyl (C=O) groups excluding carboxylic acids is 1. The minimum atomic E-state index is -3.65. The second-order valence-corrected chi connectivity index (χ2v) is 9.06. The number of anilines is 2. The molecule has 9 heteroatoms. The highest BCUT2D eigenvalue weighted by Gasteiger charge is 2.29. The standard InChI is InChI=1S/C20H25FN4O3S/c1-23(2)18-7-5-17(6-8-18)22-20(26)15-24-11-13-25(14-12-24)29(27,28)19-9-3-16(21)4-10-19/h3-10H,11-15H2,1-2H3,(H,22,26). The number of sulfonamides is 1. The number of hydrogen-bond acceptors (Lipinski definition) is 5. The monoisotopic (exact) mass is 420 g/mol. The van der Waals surface area contributed by atoms with Crippen LogP contribution >= 0.6 is 0 Å². The van der Waals surface area contributed by atoms with Gasteiger partial charge in [-0.15, -0.1) is 0 Å². The van der Waals surface area contributed by atoms with Crippen molar-refractivity contribution in [2.45, 2.75) is 4.90 Å². The number of nitrogens with one attached hydrogen (secondary N) is 1. The molecule has 0 radical (unpaired) electrons. The molecule has 0 aliphatic carbocycles. The summed E-state index contributed by atoms with van der Waals surface area (Å²) in [5.41, 5.74) is 1.76. The zero-order valence-corrected chi connectivity index (χ0v) is 17.3. The van der Waals surface area contributed by atoms with Gasteiger partial charge in [-0.1, -0.05) is 0 Å². The molecule has 156 valence electrons. The third-order valence-corrected chi connectivity index (χ3v) is 6.73. The lowest BCUT2D eigenvalue weighted by atomic mass is 10.2. The Bertz CT molecular complexity index is 939. The van der Waals surface area contributed by atoms with E-state index in [1.165, 1.54) is 16.4 Å². The van der Waals surface area contributed by atoms with E-state index in [1.807, 2.05) is 48.2 Å². The Morgan fingerprint density at radius 1 is 1.00 bits per heavy atom. The maximum atomic E-state index is 13.0. The van der Waals surface area contributed by atoms with E-state index >= 15 is 0 Å². The Hall–Kier alpha value is -2.49. The molecule has 1 heterocycles. The Morgan fingerprint density at radius 3 is 2.14 bits per heavy atom. The first-order chi connectivity index (χ1) is 13.8. The maximum Gasteiger partial charge on any atom is 0.243 e. The van der Waals surface area contributed by atoms with Gasteiger partial charge in [0.25, 0.3) is 0 Å². The summed E-state index contributed by atoms with van der Waals surface area (Å²) in [7, 11) is 0.241. The highest BCUT2D eigenvalue weighted by Crippen LogP contribution is 2.18. The SMILES string of the molecule is CN(C)c1ccc(NC(=O)CN2CCN(S(=O)(=O)c3ccc(F)cc3)CC2)cc1. The highest BCUT2D eigenvalue weighted by molar-refractivity contribution is 7.89. The first-order valence-corrected chi connectivity index (χ1v) is 10.7. The molecule has 0 bridgehead atoms. The average molecular weight is 421 g/mol. The van der Waals surface area contributed by atoms with E-state index < -0.39 is 15.8 Å². The second-order valence-electron chi connectivity index (χ2n) is 7.12. The Kier molecular flexibility index (Phi) is 6.51. The number of nitrogens with zero attached hydrogens (tertiary/aromatic N) is 3. The maximum absolute atomic E-state index is 13.0. The topological polar surface area (TPSA) is 73.0 Å². The van der Waals surface area contributed by atoms with Gasteiger partial charge in [0, 0.05) is 51.6 Å². The summed E-state index contributed by atoms with van der Waals surface area (Å²) in [6.45, 7) is 1.66. The van der Waals surface area contributed by atoms with Gasteiger partial charge >= 0.3 is 0 Å². The molecule has 1 aliphatic rings. The van der Waals surface area contributed by atoms with E-state index in [4.69, 9.17) is 0 Å². The summed E-state index contributed by atoms with van der Waals surface area (Å²) in [4.78, 5) is 16.3. The fourth-order valence-corrected chi connectivity index (χ4v) is 4.55. The fraction of sp³-hybridized carbons (Fsp3) is 0.350. The van der Waals surface area contributed by atoms with Crippen LogP contribution in [-0.2, 0) is 14.8 Å². The predicted octanol–water partition coefficient (Wildman–Crippen LogP) is 1.84. The molecular formula is C20H25FN4O3S. The molecule has 1 N–H and O–H groups in total. The third-order valence-electron chi connectivity index (χ3n) is 4.82. The molecule has 1 fully saturated rings. The molecule has 3 rings (SSSR count). The zero-order valence-electron chi connectivity index (χ0n) is 16.5. The molecule has 1 aliphatic heterocycles. The largest absolute Gasteiger partial charge is 0.378 e. The molecule has 2 aromatic rings. The number of benzene rings is 2. The van der Waals surface area contributed by atoms with Crippen LogP contribution < -0.4 is 10.2 Å². The molecule has 0 spiro atoms. The lowest BCUT2D eigenvalue weighted by molar-refractivity contribution is -0.117. The van der Waals surface area contributed by atoms with Crippen molar-refractivity contribution in [1.82, 2.24) is 9.21 Å². The minimum absolute atomic E-state index is 0.0752. The first-order valence-electron chi connectivity index (χ1n) is 9.31. The first kappa shape index (κ1) is 21.2. The Labute approximate surface area is 170 Å². The number of amides is 1. The van der Waals surface area contributed by atoms with E-state index in [0.717, 1.165) is 23.5 Å². The van der Waals surface area contributed by atoms with Crippen LogP contribution in [0.5, 0.6) is 0 Å². The van der Waals surface area contributed by atoms with E-state index in [1.54, 1.807) is 0 Å². The predicted molar refractivity (Wildman–Crippen MR) is 111 cm³/mol. The van der Waals surface area contributed by atoms with Crippen molar-refractivity contribution in [3.63, 3.8) is 0 Å². The van der Waals surface area contributed by atoms with Gasteiger partial charge in [-0.3, -0.25) is 9.69 Å². The molecule has 2 aromatic carbocycles. The molecule has 0 atom stereocenters. The number of carbonyl (C=O) groups is 1. The quantitative estimate of drug-likeness (QED) is 0.772. The van der Waals surface area contributed by atoms with Gasteiger partial charge in [-0.05, 0) is 48.5 Å². The second kappa shape index (κ2) is 8.89. The molecule has 0 aromatic heterocycles. The van der Waals surface area contributed by atoms with E-state index in [0.29, 0.717) is 13.1 Å². The van der Waals surface area contributed by atoms with Gasteiger partial charge in [0.15, 0.2) is 0 Å². The van der Waals surface area contributed by atoms with Crippen LogP contribution in [0.2, 0.25) is 0 Å². The van der Waals surface area contributed by atoms with Gasteiger partial charge < -0.3 is 10.2 Å². The van der Waals surface area contributed by atoms with Crippen LogP contribution in [0.25, 0.3) is 0 Å². The van der Waals surface area contributed by atoms with Crippen LogP contribution in [0.1, 0.15) is 0 Å². The summed E-state index contributed by atoms with van der Waals surface area (Å²) < 4.78 is 39.7. The average Bonchev–Trinajstić information content (AvgIpc) is 2.69. The van der Waals surface area contributed by atoms with Gasteiger partial charge in [-0.2, -0.15) is 4.31 Å². The van der Waals surface area contributed by atoms with Crippen LogP contribution in [-0.4, -0.2) is 70.3 Å².